The first-order chi connectivity index (χ1) is 12.3. The van der Waals surface area contributed by atoms with E-state index >= 15 is 0 Å². The lowest BCUT2D eigenvalue weighted by Crippen LogP contribution is -2.24. The summed E-state index contributed by atoms with van der Waals surface area (Å²) >= 11 is 6.03. The molecule has 5 heteroatoms. The van der Waals surface area contributed by atoms with Gasteiger partial charge >= 0.3 is 0 Å². The largest absolute Gasteiger partial charge is 0.396 e. The zero-order chi connectivity index (χ0) is 17.5. The van der Waals surface area contributed by atoms with Gasteiger partial charge in [0.25, 0.3) is 0 Å². The molecule has 1 heterocycles. The fourth-order valence-electron chi connectivity index (χ4n) is 2.89. The standard InChI is InChI=1S/C20H22ClN3O/c21-19-8-6-17(7-9-19)20(14-22-10-1-11-25)16-4-2-15(3-5-16)18-12-23-24-13-18/h2-9,12-13,20,22,25H,1,10-11,14H2,(H,23,24). The molecule has 0 aliphatic carbocycles. The predicted molar refractivity (Wildman–Crippen MR) is 102 cm³/mol. The Morgan fingerprint density at radius 3 is 2.28 bits per heavy atom. The maximum atomic E-state index is 8.95. The number of rotatable bonds is 8. The topological polar surface area (TPSA) is 60.9 Å². The molecule has 0 amide bonds. The number of hydrogen-bond acceptors (Lipinski definition) is 3. The number of hydrogen-bond donors (Lipinski definition) is 3. The van der Waals surface area contributed by atoms with Crippen molar-refractivity contribution in [2.45, 2.75) is 12.3 Å². The second-order valence-corrected chi connectivity index (χ2v) is 6.43. The molecule has 3 rings (SSSR count). The Morgan fingerprint density at radius 2 is 1.68 bits per heavy atom. The first-order valence-electron chi connectivity index (χ1n) is 8.44. The van der Waals surface area contributed by atoms with Crippen LogP contribution in [0.2, 0.25) is 5.02 Å². The van der Waals surface area contributed by atoms with Gasteiger partial charge in [-0.25, -0.2) is 0 Å². The molecular formula is C20H22ClN3O. The van der Waals surface area contributed by atoms with E-state index in [0.29, 0.717) is 0 Å². The molecule has 2 aromatic carbocycles. The first-order valence-corrected chi connectivity index (χ1v) is 8.82. The van der Waals surface area contributed by atoms with Crippen molar-refractivity contribution < 1.29 is 5.11 Å². The van der Waals surface area contributed by atoms with Crippen LogP contribution in [-0.2, 0) is 0 Å². The van der Waals surface area contributed by atoms with Crippen molar-refractivity contribution in [3.05, 3.63) is 77.1 Å². The second-order valence-electron chi connectivity index (χ2n) is 5.99. The molecule has 0 aliphatic heterocycles. The number of nitrogens with one attached hydrogen (secondary N) is 2. The van der Waals surface area contributed by atoms with Crippen LogP contribution in [0.25, 0.3) is 11.1 Å². The molecule has 3 N–H and O–H groups in total. The molecule has 1 unspecified atom stereocenters. The minimum atomic E-state index is 0.206. The van der Waals surface area contributed by atoms with Gasteiger partial charge in [0.2, 0.25) is 0 Å². The molecule has 0 aliphatic rings. The molecule has 0 radical (unpaired) electrons. The Balaban J connectivity index is 1.81. The van der Waals surface area contributed by atoms with Crippen molar-refractivity contribution in [2.24, 2.45) is 0 Å². The lowest BCUT2D eigenvalue weighted by Gasteiger charge is -2.19. The van der Waals surface area contributed by atoms with Crippen LogP contribution in [-0.4, -0.2) is 35.0 Å². The number of aromatic nitrogens is 2. The number of aromatic amines is 1. The molecule has 0 bridgehead atoms. The number of halogens is 1. The van der Waals surface area contributed by atoms with Crippen LogP contribution in [0.4, 0.5) is 0 Å². The van der Waals surface area contributed by atoms with Crippen molar-refractivity contribution in [1.82, 2.24) is 15.5 Å². The summed E-state index contributed by atoms with van der Waals surface area (Å²) in [6, 6.07) is 16.6. The minimum Gasteiger partial charge on any atom is -0.396 e. The summed E-state index contributed by atoms with van der Waals surface area (Å²) in [5, 5.41) is 20.0. The summed E-state index contributed by atoms with van der Waals surface area (Å²) in [5.41, 5.74) is 4.68. The van der Waals surface area contributed by atoms with Crippen molar-refractivity contribution in [3.63, 3.8) is 0 Å². The van der Waals surface area contributed by atoms with Gasteiger partial charge in [-0.2, -0.15) is 5.10 Å². The van der Waals surface area contributed by atoms with Crippen LogP contribution in [0.1, 0.15) is 23.5 Å². The van der Waals surface area contributed by atoms with Gasteiger partial charge in [0.1, 0.15) is 0 Å². The lowest BCUT2D eigenvalue weighted by molar-refractivity contribution is 0.286. The molecule has 0 saturated carbocycles. The third-order valence-electron chi connectivity index (χ3n) is 4.28. The summed E-state index contributed by atoms with van der Waals surface area (Å²) in [5.74, 6) is 0.231. The lowest BCUT2D eigenvalue weighted by atomic mass is 9.90. The number of nitrogens with zero attached hydrogens (tertiary/aromatic N) is 1. The van der Waals surface area contributed by atoms with Gasteiger partial charge in [0.05, 0.1) is 6.20 Å². The van der Waals surface area contributed by atoms with E-state index in [0.717, 1.165) is 35.7 Å². The molecule has 4 nitrogen and oxygen atoms in total. The quantitative estimate of drug-likeness (QED) is 0.538. The third kappa shape index (κ3) is 4.69. The average Bonchev–Trinajstić information content (AvgIpc) is 3.18. The van der Waals surface area contributed by atoms with Gasteiger partial charge in [-0.05, 0) is 41.8 Å². The number of H-pyrrole nitrogens is 1. The highest BCUT2D eigenvalue weighted by Gasteiger charge is 2.14. The maximum Gasteiger partial charge on any atom is 0.0565 e. The van der Waals surface area contributed by atoms with E-state index < -0.39 is 0 Å². The van der Waals surface area contributed by atoms with Gasteiger partial charge in [-0.15, -0.1) is 0 Å². The van der Waals surface area contributed by atoms with Crippen LogP contribution in [0.5, 0.6) is 0 Å². The van der Waals surface area contributed by atoms with Crippen molar-refractivity contribution in [2.75, 3.05) is 19.7 Å². The van der Waals surface area contributed by atoms with Crippen molar-refractivity contribution in [1.29, 1.82) is 0 Å². The van der Waals surface area contributed by atoms with Crippen molar-refractivity contribution >= 4 is 11.6 Å². The molecule has 130 valence electrons. The Morgan fingerprint density at radius 1 is 1.00 bits per heavy atom. The Bertz CT molecular complexity index is 755. The highest BCUT2D eigenvalue weighted by molar-refractivity contribution is 6.30. The average molecular weight is 356 g/mol. The van der Waals surface area contributed by atoms with Crippen LogP contribution >= 0.6 is 11.6 Å². The SMILES string of the molecule is OCCCNCC(c1ccc(Cl)cc1)c1ccc(-c2cn[nH]c2)cc1. The fraction of sp³-hybridized carbons (Fsp3) is 0.250. The van der Waals surface area contributed by atoms with Gasteiger partial charge < -0.3 is 10.4 Å². The van der Waals surface area contributed by atoms with Gasteiger partial charge in [-0.1, -0.05) is 48.0 Å². The smallest absolute Gasteiger partial charge is 0.0565 e. The summed E-state index contributed by atoms with van der Waals surface area (Å²) in [6.45, 7) is 1.82. The molecule has 3 aromatic rings. The van der Waals surface area contributed by atoms with E-state index in [1.165, 1.54) is 11.1 Å². The highest BCUT2D eigenvalue weighted by Crippen LogP contribution is 2.27. The molecule has 1 atom stereocenters. The zero-order valence-electron chi connectivity index (χ0n) is 14.0. The Labute approximate surface area is 152 Å². The second kappa shape index (κ2) is 8.81. The van der Waals surface area contributed by atoms with Gasteiger partial charge in [0.15, 0.2) is 0 Å². The first kappa shape index (κ1) is 17.7. The van der Waals surface area contributed by atoms with Gasteiger partial charge in [-0.3, -0.25) is 5.10 Å². The van der Waals surface area contributed by atoms with Crippen molar-refractivity contribution in [3.8, 4) is 11.1 Å². The minimum absolute atomic E-state index is 0.206. The normalized spacial score (nSPS) is 12.2. The van der Waals surface area contributed by atoms with E-state index in [1.807, 2.05) is 24.5 Å². The summed E-state index contributed by atoms with van der Waals surface area (Å²) < 4.78 is 0. The van der Waals surface area contributed by atoms with Gasteiger partial charge in [0, 0.05) is 35.9 Å². The highest BCUT2D eigenvalue weighted by atomic mass is 35.5. The number of benzene rings is 2. The number of aliphatic hydroxyl groups is 1. The molecule has 0 fully saturated rings. The zero-order valence-corrected chi connectivity index (χ0v) is 14.7. The monoisotopic (exact) mass is 355 g/mol. The van der Waals surface area contributed by atoms with Crippen LogP contribution in [0, 0.1) is 0 Å². The molecule has 0 saturated heterocycles. The summed E-state index contributed by atoms with van der Waals surface area (Å²) in [4.78, 5) is 0. The van der Waals surface area contributed by atoms with Crippen LogP contribution in [0.15, 0.2) is 60.9 Å². The molecule has 25 heavy (non-hydrogen) atoms. The fourth-order valence-corrected chi connectivity index (χ4v) is 3.02. The Hall–Kier alpha value is -2.14. The van der Waals surface area contributed by atoms with E-state index in [-0.39, 0.29) is 12.5 Å². The van der Waals surface area contributed by atoms with E-state index in [4.69, 9.17) is 16.7 Å². The van der Waals surface area contributed by atoms with E-state index in [2.05, 4.69) is 51.9 Å². The molecule has 0 spiro atoms. The van der Waals surface area contributed by atoms with E-state index in [9.17, 15) is 0 Å². The van der Waals surface area contributed by atoms with Crippen LogP contribution < -0.4 is 5.32 Å². The number of aliphatic hydroxyl groups excluding tert-OH is 1. The maximum absolute atomic E-state index is 8.95. The Kier molecular flexibility index (Phi) is 6.23. The van der Waals surface area contributed by atoms with E-state index in [1.54, 1.807) is 0 Å². The third-order valence-corrected chi connectivity index (χ3v) is 4.53. The summed E-state index contributed by atoms with van der Waals surface area (Å²) in [6.07, 6.45) is 4.47. The molecular weight excluding hydrogens is 334 g/mol. The van der Waals surface area contributed by atoms with Crippen LogP contribution in [0.3, 0.4) is 0 Å². The summed E-state index contributed by atoms with van der Waals surface area (Å²) in [7, 11) is 0. The predicted octanol–water partition coefficient (Wildman–Crippen LogP) is 3.83. The molecule has 1 aromatic heterocycles.